The zero-order valence-corrected chi connectivity index (χ0v) is 16.7. The van der Waals surface area contributed by atoms with E-state index < -0.39 is 0 Å². The molecule has 24 heavy (non-hydrogen) atoms. The van der Waals surface area contributed by atoms with E-state index in [0.717, 1.165) is 21.2 Å². The van der Waals surface area contributed by atoms with Crippen molar-refractivity contribution in [1.29, 1.82) is 0 Å². The Hall–Kier alpha value is -1.17. The lowest BCUT2D eigenvalue weighted by Gasteiger charge is -2.15. The van der Waals surface area contributed by atoms with Crippen LogP contribution in [0.5, 0.6) is 11.5 Å². The minimum absolute atomic E-state index is 0.251. The monoisotopic (exact) mass is 428 g/mol. The predicted molar refractivity (Wildman–Crippen MR) is 103 cm³/mol. The van der Waals surface area contributed by atoms with Crippen LogP contribution < -0.4 is 9.47 Å². The molecule has 0 amide bonds. The van der Waals surface area contributed by atoms with E-state index in [1.54, 1.807) is 19.1 Å². The number of hydrogen-bond donors (Lipinski definition) is 1. The second kappa shape index (κ2) is 8.79. The lowest BCUT2D eigenvalue weighted by Crippen LogP contribution is -2.10. The molecule has 0 unspecified atom stereocenters. The molecule has 3 nitrogen and oxygen atoms in total. The molecule has 0 fully saturated rings. The van der Waals surface area contributed by atoms with Gasteiger partial charge in [-0.1, -0.05) is 30.7 Å². The zero-order valence-electron chi connectivity index (χ0n) is 13.4. The lowest BCUT2D eigenvalue weighted by atomic mass is 10.1. The van der Waals surface area contributed by atoms with E-state index in [0.29, 0.717) is 28.7 Å². The Bertz CT molecular complexity index is 749. The number of hydrogen-bond acceptors (Lipinski definition) is 4. The third kappa shape index (κ3) is 4.68. The number of rotatable bonds is 6. The van der Waals surface area contributed by atoms with Crippen LogP contribution in [0, 0.1) is 6.92 Å². The molecule has 2 aromatic rings. The molecular weight excluding hydrogens is 412 g/mol. The van der Waals surface area contributed by atoms with E-state index in [1.807, 2.05) is 25.1 Å². The Kier molecular flexibility index (Phi) is 7.02. The second-order valence-electron chi connectivity index (χ2n) is 5.20. The van der Waals surface area contributed by atoms with Crippen molar-refractivity contribution >= 4 is 46.1 Å². The highest BCUT2D eigenvalue weighted by Crippen LogP contribution is 2.33. The first-order valence-electron chi connectivity index (χ1n) is 7.47. The molecule has 2 rings (SSSR count). The number of carbonyl (C=O) groups is 1. The summed E-state index contributed by atoms with van der Waals surface area (Å²) in [6.07, 6.45) is 0.310. The molecule has 0 atom stereocenters. The molecule has 0 saturated heterocycles. The van der Waals surface area contributed by atoms with Crippen molar-refractivity contribution in [3.63, 3.8) is 0 Å². The van der Waals surface area contributed by atoms with Gasteiger partial charge in [0.1, 0.15) is 18.1 Å². The van der Waals surface area contributed by atoms with Crippen molar-refractivity contribution < 1.29 is 14.3 Å². The molecule has 0 heterocycles. The lowest BCUT2D eigenvalue weighted by molar-refractivity contribution is -0.134. The number of esters is 1. The third-order valence-corrected chi connectivity index (χ3v) is 4.87. The number of thiol groups is 1. The van der Waals surface area contributed by atoms with Crippen LogP contribution in [0.2, 0.25) is 5.02 Å². The molecule has 0 spiro atoms. The number of aryl methyl sites for hydroxylation is 1. The Morgan fingerprint density at radius 2 is 2.04 bits per heavy atom. The summed E-state index contributed by atoms with van der Waals surface area (Å²) in [4.78, 5) is 11.6. The summed E-state index contributed by atoms with van der Waals surface area (Å²) in [6, 6.07) is 9.21. The van der Waals surface area contributed by atoms with Gasteiger partial charge in [-0.2, -0.15) is 12.6 Å². The Morgan fingerprint density at radius 3 is 2.71 bits per heavy atom. The van der Waals surface area contributed by atoms with Crippen LogP contribution in [0.1, 0.15) is 30.0 Å². The average molecular weight is 430 g/mol. The maximum atomic E-state index is 11.6. The van der Waals surface area contributed by atoms with Gasteiger partial charge in [0.15, 0.2) is 0 Å². The van der Waals surface area contributed by atoms with Crippen LogP contribution in [-0.4, -0.2) is 5.97 Å². The SMILES string of the molecule is CCC(=O)Oc1cccc(CS)c1COc1cc(Cl)c(C)cc1Br. The van der Waals surface area contributed by atoms with Crippen LogP contribution in [0.15, 0.2) is 34.8 Å². The molecule has 0 aliphatic rings. The maximum absolute atomic E-state index is 11.6. The van der Waals surface area contributed by atoms with E-state index >= 15 is 0 Å². The molecule has 0 N–H and O–H groups in total. The van der Waals surface area contributed by atoms with Gasteiger partial charge >= 0.3 is 5.97 Å². The van der Waals surface area contributed by atoms with Gasteiger partial charge in [0, 0.05) is 28.8 Å². The van der Waals surface area contributed by atoms with Gasteiger partial charge in [-0.15, -0.1) is 0 Å². The van der Waals surface area contributed by atoms with E-state index in [1.165, 1.54) is 0 Å². The molecule has 2 aromatic carbocycles. The minimum Gasteiger partial charge on any atom is -0.488 e. The van der Waals surface area contributed by atoms with Gasteiger partial charge in [0.25, 0.3) is 0 Å². The van der Waals surface area contributed by atoms with E-state index in [-0.39, 0.29) is 12.6 Å². The quantitative estimate of drug-likeness (QED) is 0.361. The number of ether oxygens (including phenoxy) is 2. The molecule has 0 radical (unpaired) electrons. The largest absolute Gasteiger partial charge is 0.488 e. The molecule has 0 aliphatic heterocycles. The van der Waals surface area contributed by atoms with Crippen molar-refractivity contribution in [2.24, 2.45) is 0 Å². The van der Waals surface area contributed by atoms with Crippen LogP contribution in [0.25, 0.3) is 0 Å². The summed E-state index contributed by atoms with van der Waals surface area (Å²) in [5, 5.41) is 0.633. The molecule has 0 saturated carbocycles. The summed E-state index contributed by atoms with van der Waals surface area (Å²) in [7, 11) is 0. The van der Waals surface area contributed by atoms with E-state index in [4.69, 9.17) is 21.1 Å². The highest BCUT2D eigenvalue weighted by atomic mass is 79.9. The van der Waals surface area contributed by atoms with Crippen molar-refractivity contribution in [3.8, 4) is 11.5 Å². The molecule has 6 heteroatoms. The molecule has 0 bridgehead atoms. The third-order valence-electron chi connectivity index (χ3n) is 3.50. The van der Waals surface area contributed by atoms with Crippen molar-refractivity contribution in [3.05, 3.63) is 56.5 Å². The zero-order chi connectivity index (χ0) is 17.7. The van der Waals surface area contributed by atoms with Crippen LogP contribution >= 0.6 is 40.2 Å². The van der Waals surface area contributed by atoms with Crippen LogP contribution in [0.4, 0.5) is 0 Å². The van der Waals surface area contributed by atoms with E-state index in [2.05, 4.69) is 28.6 Å². The maximum Gasteiger partial charge on any atom is 0.310 e. The first-order valence-corrected chi connectivity index (χ1v) is 9.27. The average Bonchev–Trinajstić information content (AvgIpc) is 2.57. The van der Waals surface area contributed by atoms with Gasteiger partial charge in [-0.25, -0.2) is 0 Å². The number of benzene rings is 2. The smallest absolute Gasteiger partial charge is 0.310 e. The topological polar surface area (TPSA) is 35.5 Å². The number of halogens is 2. The van der Waals surface area contributed by atoms with E-state index in [9.17, 15) is 4.79 Å². The molecule has 0 aliphatic carbocycles. The van der Waals surface area contributed by atoms with Crippen LogP contribution in [0.3, 0.4) is 0 Å². The fraction of sp³-hybridized carbons (Fsp3) is 0.278. The first kappa shape index (κ1) is 19.2. The highest BCUT2D eigenvalue weighted by Gasteiger charge is 2.14. The summed E-state index contributed by atoms with van der Waals surface area (Å²) in [6.45, 7) is 3.93. The Morgan fingerprint density at radius 1 is 1.29 bits per heavy atom. The fourth-order valence-corrected chi connectivity index (χ4v) is 3.12. The molecule has 0 aromatic heterocycles. The number of carbonyl (C=O) groups excluding carboxylic acids is 1. The molecule has 128 valence electrons. The van der Waals surface area contributed by atoms with Crippen molar-refractivity contribution in [1.82, 2.24) is 0 Å². The Balaban J connectivity index is 2.28. The van der Waals surface area contributed by atoms with Gasteiger partial charge in [0.2, 0.25) is 0 Å². The summed E-state index contributed by atoms with van der Waals surface area (Å²) >= 11 is 14.0. The van der Waals surface area contributed by atoms with Crippen molar-refractivity contribution in [2.45, 2.75) is 32.6 Å². The van der Waals surface area contributed by atoms with Gasteiger partial charge in [-0.05, 0) is 46.1 Å². The Labute approximate surface area is 160 Å². The fourth-order valence-electron chi connectivity index (χ4n) is 2.10. The summed E-state index contributed by atoms with van der Waals surface area (Å²) < 4.78 is 12.1. The van der Waals surface area contributed by atoms with Crippen molar-refractivity contribution in [2.75, 3.05) is 0 Å². The van der Waals surface area contributed by atoms with Crippen LogP contribution in [-0.2, 0) is 17.2 Å². The predicted octanol–water partition coefficient (Wildman–Crippen LogP) is 5.74. The second-order valence-corrected chi connectivity index (χ2v) is 6.78. The van der Waals surface area contributed by atoms with Gasteiger partial charge in [-0.3, -0.25) is 4.79 Å². The minimum atomic E-state index is -0.285. The highest BCUT2D eigenvalue weighted by molar-refractivity contribution is 9.10. The summed E-state index contributed by atoms with van der Waals surface area (Å²) in [5.74, 6) is 1.37. The first-order chi connectivity index (χ1) is 11.5. The normalized spacial score (nSPS) is 10.5. The van der Waals surface area contributed by atoms with Gasteiger partial charge in [0.05, 0.1) is 4.47 Å². The molecular formula is C18H18BrClO3S. The summed E-state index contributed by atoms with van der Waals surface area (Å²) in [5.41, 5.74) is 2.72. The van der Waals surface area contributed by atoms with Gasteiger partial charge < -0.3 is 9.47 Å². The standard InChI is InChI=1S/C18H18BrClO3S/c1-3-18(21)23-16-6-4-5-12(10-24)13(16)9-22-17-8-15(20)11(2)7-14(17)19/h4-8,24H,3,9-10H2,1-2H3.